The fourth-order valence-corrected chi connectivity index (χ4v) is 5.45. The van der Waals surface area contributed by atoms with Crippen LogP contribution < -0.4 is 10.1 Å². The zero-order valence-electron chi connectivity index (χ0n) is 25.9. The summed E-state index contributed by atoms with van der Waals surface area (Å²) in [5.74, 6) is -3.04. The Balaban J connectivity index is 1.48. The first kappa shape index (κ1) is 33.9. The van der Waals surface area contributed by atoms with Crippen molar-refractivity contribution in [1.29, 1.82) is 0 Å². The first-order chi connectivity index (χ1) is 22.1. The van der Waals surface area contributed by atoms with Gasteiger partial charge < -0.3 is 39.3 Å². The summed E-state index contributed by atoms with van der Waals surface area (Å²) in [6.07, 6.45) is 0.133. The van der Waals surface area contributed by atoms with Crippen LogP contribution in [0.25, 0.3) is 10.9 Å². The van der Waals surface area contributed by atoms with Gasteiger partial charge in [0.25, 0.3) is 11.8 Å². The Morgan fingerprint density at radius 2 is 1.67 bits per heavy atom. The second kappa shape index (κ2) is 15.9. The third kappa shape index (κ3) is 8.40. The standard InChI is InChI=1S/C31H39N5O10/c1-3-44-30(42)24-10-7-13-36(24)26(37)19-46-25-18-23(32-21-9-6-5-8-20(21)25)28(40)33-22(11-12-27(38)39)29(41)34-14-16-35(17-15-34)31(43)45-4-2/h5-6,8-9,18,22,24H,3-4,7,10-17,19H2,1-2H3,(H,33,40)(H,38,39)/t22-,24+/m0/s1. The van der Waals surface area contributed by atoms with Gasteiger partial charge in [-0.1, -0.05) is 12.1 Å². The summed E-state index contributed by atoms with van der Waals surface area (Å²) in [7, 11) is 0. The van der Waals surface area contributed by atoms with E-state index in [0.717, 1.165) is 0 Å². The van der Waals surface area contributed by atoms with E-state index in [1.807, 2.05) is 0 Å². The first-order valence-electron chi connectivity index (χ1n) is 15.3. The molecule has 2 atom stereocenters. The van der Waals surface area contributed by atoms with Crippen LogP contribution in [0.15, 0.2) is 30.3 Å². The summed E-state index contributed by atoms with van der Waals surface area (Å²) in [4.78, 5) is 84.5. The Bertz CT molecular complexity index is 1460. The van der Waals surface area contributed by atoms with Crippen LogP contribution in [0.1, 0.15) is 50.0 Å². The van der Waals surface area contributed by atoms with Gasteiger partial charge in [-0.05, 0) is 45.2 Å². The van der Waals surface area contributed by atoms with Crippen molar-refractivity contribution in [3.8, 4) is 5.75 Å². The number of carbonyl (C=O) groups excluding carboxylic acids is 5. The largest absolute Gasteiger partial charge is 0.483 e. The molecule has 15 nitrogen and oxygen atoms in total. The number of nitrogens with one attached hydrogen (secondary N) is 1. The molecule has 0 bridgehead atoms. The number of benzene rings is 1. The highest BCUT2D eigenvalue weighted by molar-refractivity contribution is 5.99. The maximum Gasteiger partial charge on any atom is 0.409 e. The Hall–Kier alpha value is -4.95. The molecular formula is C31H39N5O10. The molecule has 0 saturated carbocycles. The van der Waals surface area contributed by atoms with Crippen LogP contribution in [0.5, 0.6) is 5.75 Å². The Morgan fingerprint density at radius 1 is 0.978 bits per heavy atom. The molecule has 1 aromatic heterocycles. The van der Waals surface area contributed by atoms with Crippen molar-refractivity contribution in [3.05, 3.63) is 36.0 Å². The Labute approximate surface area is 265 Å². The van der Waals surface area contributed by atoms with E-state index in [2.05, 4.69) is 10.3 Å². The number of carbonyl (C=O) groups is 6. The van der Waals surface area contributed by atoms with Crippen molar-refractivity contribution in [2.24, 2.45) is 0 Å². The molecule has 248 valence electrons. The number of esters is 1. The quantitative estimate of drug-likeness (QED) is 0.320. The van der Waals surface area contributed by atoms with Gasteiger partial charge in [0.05, 0.1) is 18.7 Å². The predicted molar refractivity (Wildman–Crippen MR) is 162 cm³/mol. The lowest BCUT2D eigenvalue weighted by atomic mass is 10.1. The van der Waals surface area contributed by atoms with E-state index in [9.17, 15) is 33.9 Å². The number of amides is 4. The highest BCUT2D eigenvalue weighted by Crippen LogP contribution is 2.26. The van der Waals surface area contributed by atoms with Crippen LogP contribution in [-0.4, -0.2) is 125 Å². The summed E-state index contributed by atoms with van der Waals surface area (Å²) >= 11 is 0. The number of carboxylic acids is 1. The molecule has 3 heterocycles. The number of para-hydroxylation sites is 1. The molecule has 0 aliphatic carbocycles. The number of aromatic nitrogens is 1. The van der Waals surface area contributed by atoms with Crippen molar-refractivity contribution in [2.75, 3.05) is 52.5 Å². The minimum Gasteiger partial charge on any atom is -0.483 e. The van der Waals surface area contributed by atoms with Gasteiger partial charge >= 0.3 is 18.0 Å². The lowest BCUT2D eigenvalue weighted by Gasteiger charge is -2.35. The number of pyridine rings is 1. The monoisotopic (exact) mass is 641 g/mol. The molecule has 2 aliphatic heterocycles. The average Bonchev–Trinajstić information content (AvgIpc) is 3.55. The lowest BCUT2D eigenvalue weighted by Crippen LogP contribution is -2.56. The highest BCUT2D eigenvalue weighted by Gasteiger charge is 2.35. The Kier molecular flexibility index (Phi) is 11.7. The minimum atomic E-state index is -1.17. The van der Waals surface area contributed by atoms with Gasteiger partial charge in [0, 0.05) is 50.6 Å². The van der Waals surface area contributed by atoms with Crippen molar-refractivity contribution in [1.82, 2.24) is 25.0 Å². The molecule has 15 heteroatoms. The second-order valence-corrected chi connectivity index (χ2v) is 10.8. The number of aliphatic carboxylic acids is 1. The zero-order chi connectivity index (χ0) is 33.2. The molecule has 0 radical (unpaired) electrons. The Morgan fingerprint density at radius 3 is 2.37 bits per heavy atom. The van der Waals surface area contributed by atoms with Gasteiger partial charge in [-0.3, -0.25) is 19.2 Å². The van der Waals surface area contributed by atoms with E-state index < -0.39 is 54.4 Å². The summed E-state index contributed by atoms with van der Waals surface area (Å²) < 4.78 is 16.0. The SMILES string of the molecule is CCOC(=O)[C@H]1CCCN1C(=O)COc1cc(C(=O)N[C@@H](CCC(=O)O)C(=O)N2CCN(C(=O)OCC)CC2)nc2ccccc12. The van der Waals surface area contributed by atoms with E-state index in [1.165, 1.54) is 20.8 Å². The molecule has 0 unspecified atom stereocenters. The van der Waals surface area contributed by atoms with E-state index >= 15 is 0 Å². The number of hydrogen-bond donors (Lipinski definition) is 2. The van der Waals surface area contributed by atoms with Crippen LogP contribution in [0.3, 0.4) is 0 Å². The number of hydrogen-bond acceptors (Lipinski definition) is 10. The van der Waals surface area contributed by atoms with Crippen LogP contribution in [0, 0.1) is 0 Å². The molecule has 46 heavy (non-hydrogen) atoms. The topological polar surface area (TPSA) is 185 Å². The maximum absolute atomic E-state index is 13.5. The third-order valence-corrected chi connectivity index (χ3v) is 7.76. The molecule has 2 N–H and O–H groups in total. The molecular weight excluding hydrogens is 602 g/mol. The average molecular weight is 642 g/mol. The van der Waals surface area contributed by atoms with Crippen molar-refractivity contribution in [3.63, 3.8) is 0 Å². The van der Waals surface area contributed by atoms with E-state index in [1.54, 1.807) is 38.1 Å². The minimum absolute atomic E-state index is 0.105. The van der Waals surface area contributed by atoms with Gasteiger partial charge in [0.15, 0.2) is 6.61 Å². The van der Waals surface area contributed by atoms with Gasteiger partial charge in [-0.2, -0.15) is 0 Å². The van der Waals surface area contributed by atoms with Gasteiger partial charge in [0.1, 0.15) is 23.5 Å². The summed E-state index contributed by atoms with van der Waals surface area (Å²) in [5.41, 5.74) is 0.290. The fourth-order valence-electron chi connectivity index (χ4n) is 5.45. The van der Waals surface area contributed by atoms with Crippen LogP contribution in [0.4, 0.5) is 4.79 Å². The molecule has 4 rings (SSSR count). The summed E-state index contributed by atoms with van der Waals surface area (Å²) in [6.45, 7) is 4.64. The highest BCUT2D eigenvalue weighted by atomic mass is 16.6. The smallest absolute Gasteiger partial charge is 0.409 e. The molecule has 2 aromatic rings. The lowest BCUT2D eigenvalue weighted by molar-refractivity contribution is -0.153. The van der Waals surface area contributed by atoms with E-state index in [4.69, 9.17) is 14.2 Å². The van der Waals surface area contributed by atoms with Gasteiger partial charge in [-0.15, -0.1) is 0 Å². The number of likely N-dealkylation sites (tertiary alicyclic amines) is 1. The van der Waals surface area contributed by atoms with Gasteiger partial charge in [-0.25, -0.2) is 14.6 Å². The van der Waals surface area contributed by atoms with E-state index in [0.29, 0.717) is 30.3 Å². The number of nitrogens with zero attached hydrogens (tertiary/aromatic N) is 4. The van der Waals surface area contributed by atoms with Crippen LogP contribution in [0.2, 0.25) is 0 Å². The fraction of sp³-hybridized carbons (Fsp3) is 0.516. The molecule has 4 amide bonds. The number of carboxylic acid groups (broad SMARTS) is 1. The summed E-state index contributed by atoms with van der Waals surface area (Å²) in [6, 6.07) is 6.35. The maximum atomic E-state index is 13.5. The zero-order valence-corrected chi connectivity index (χ0v) is 25.9. The number of fused-ring (bicyclic) bond motifs is 1. The molecule has 2 aliphatic rings. The van der Waals surface area contributed by atoms with Crippen molar-refractivity contribution >= 4 is 46.7 Å². The van der Waals surface area contributed by atoms with Crippen LogP contribution in [-0.2, 0) is 28.7 Å². The number of piperazine rings is 1. The third-order valence-electron chi connectivity index (χ3n) is 7.76. The molecule has 1 aromatic carbocycles. The van der Waals surface area contributed by atoms with Crippen molar-refractivity contribution < 1.29 is 48.1 Å². The number of rotatable bonds is 12. The van der Waals surface area contributed by atoms with Crippen molar-refractivity contribution in [2.45, 2.75) is 51.6 Å². The molecule has 2 saturated heterocycles. The number of ether oxygens (including phenoxy) is 3. The van der Waals surface area contributed by atoms with Crippen LogP contribution >= 0.6 is 0 Å². The normalized spacial score (nSPS) is 16.9. The predicted octanol–water partition coefficient (Wildman–Crippen LogP) is 1.43. The summed E-state index contributed by atoms with van der Waals surface area (Å²) in [5, 5.41) is 12.4. The molecule has 2 fully saturated rings. The molecule has 0 spiro atoms. The van der Waals surface area contributed by atoms with Gasteiger partial charge in [0.2, 0.25) is 5.91 Å². The van der Waals surface area contributed by atoms with E-state index in [-0.39, 0.29) is 63.7 Å². The first-order valence-corrected chi connectivity index (χ1v) is 15.3. The second-order valence-electron chi connectivity index (χ2n) is 10.8.